The van der Waals surface area contributed by atoms with Gasteiger partial charge in [-0.05, 0) is 46.6 Å². The fourth-order valence-electron chi connectivity index (χ4n) is 1.44. The highest BCUT2D eigenvalue weighted by Gasteiger charge is 2.18. The van der Waals surface area contributed by atoms with Crippen LogP contribution in [0.15, 0.2) is 52.0 Å². The predicted octanol–water partition coefficient (Wildman–Crippen LogP) is 2.95. The maximum atomic E-state index is 12.2. The van der Waals surface area contributed by atoms with Gasteiger partial charge in [-0.3, -0.25) is 4.72 Å². The Balaban J connectivity index is 2.40. The number of rotatable bonds is 3. The third kappa shape index (κ3) is 2.70. The van der Waals surface area contributed by atoms with Gasteiger partial charge < -0.3 is 0 Å². The molecule has 0 aliphatic rings. The average Bonchev–Trinajstić information content (AvgIpc) is 2.32. The Morgan fingerprint density at radius 3 is 2.56 bits per heavy atom. The average molecular weight is 327 g/mol. The summed E-state index contributed by atoms with van der Waals surface area (Å²) in [6, 6.07) is 10.2. The Labute approximate surface area is 114 Å². The van der Waals surface area contributed by atoms with Crippen molar-refractivity contribution in [1.82, 2.24) is 4.98 Å². The molecule has 1 heterocycles. The molecule has 4 nitrogen and oxygen atoms in total. The van der Waals surface area contributed by atoms with Crippen LogP contribution in [-0.2, 0) is 10.0 Å². The molecule has 0 unspecified atom stereocenters. The van der Waals surface area contributed by atoms with Gasteiger partial charge in [0.05, 0.1) is 0 Å². The van der Waals surface area contributed by atoms with Gasteiger partial charge in [0, 0.05) is 10.7 Å². The van der Waals surface area contributed by atoms with E-state index >= 15 is 0 Å². The lowest BCUT2D eigenvalue weighted by Crippen LogP contribution is -2.15. The molecule has 1 aromatic carbocycles. The number of sulfonamides is 1. The molecule has 2 aromatic rings. The van der Waals surface area contributed by atoms with E-state index < -0.39 is 10.0 Å². The molecule has 1 aromatic heterocycles. The second kappa shape index (κ2) is 5.07. The Hall–Kier alpha value is -1.40. The fraction of sp³-hybridized carbons (Fsp3) is 0.0833. The first-order chi connectivity index (χ1) is 8.50. The molecule has 2 rings (SSSR count). The van der Waals surface area contributed by atoms with Crippen LogP contribution in [0.1, 0.15) is 5.56 Å². The molecule has 0 saturated heterocycles. The Morgan fingerprint density at radius 1 is 1.17 bits per heavy atom. The van der Waals surface area contributed by atoms with Gasteiger partial charge in [-0.15, -0.1) is 0 Å². The first-order valence-electron chi connectivity index (χ1n) is 5.20. The third-order valence-electron chi connectivity index (χ3n) is 2.37. The number of halogens is 1. The minimum Gasteiger partial charge on any atom is -0.263 e. The monoisotopic (exact) mass is 326 g/mol. The minimum absolute atomic E-state index is 0.190. The largest absolute Gasteiger partial charge is 0.264 e. The van der Waals surface area contributed by atoms with Gasteiger partial charge in [0.15, 0.2) is 0 Å². The predicted molar refractivity (Wildman–Crippen MR) is 73.9 cm³/mol. The first kappa shape index (κ1) is 13.0. The normalized spacial score (nSPS) is 11.2. The van der Waals surface area contributed by atoms with Crippen molar-refractivity contribution in [1.29, 1.82) is 0 Å². The summed E-state index contributed by atoms with van der Waals surface area (Å²) in [5.74, 6) is 0.341. The standard InChI is InChI=1S/C12H11BrN2O2S/c1-9-5-4-8-14-12(9)15-18(16,17)11-7-3-2-6-10(11)13/h2-8H,1H3,(H,14,15). The summed E-state index contributed by atoms with van der Waals surface area (Å²) in [5, 5.41) is 0. The number of pyridine rings is 1. The summed E-state index contributed by atoms with van der Waals surface area (Å²) >= 11 is 3.22. The topological polar surface area (TPSA) is 59.1 Å². The van der Waals surface area contributed by atoms with Gasteiger partial charge in [-0.1, -0.05) is 18.2 Å². The van der Waals surface area contributed by atoms with Crippen LogP contribution in [0.4, 0.5) is 5.82 Å². The molecule has 94 valence electrons. The molecule has 1 N–H and O–H groups in total. The molecule has 18 heavy (non-hydrogen) atoms. The van der Waals surface area contributed by atoms with Crippen LogP contribution in [0, 0.1) is 6.92 Å². The highest BCUT2D eigenvalue weighted by atomic mass is 79.9. The summed E-state index contributed by atoms with van der Waals surface area (Å²) in [4.78, 5) is 4.20. The number of aryl methyl sites for hydroxylation is 1. The zero-order chi connectivity index (χ0) is 13.2. The lowest BCUT2D eigenvalue weighted by molar-refractivity contribution is 0.600. The van der Waals surface area contributed by atoms with E-state index in [0.717, 1.165) is 5.56 Å². The summed E-state index contributed by atoms with van der Waals surface area (Å²) in [5.41, 5.74) is 0.771. The molecule has 6 heteroatoms. The van der Waals surface area contributed by atoms with Crippen LogP contribution in [0.3, 0.4) is 0 Å². The molecule has 0 atom stereocenters. The second-order valence-electron chi connectivity index (χ2n) is 3.70. The Morgan fingerprint density at radius 2 is 1.89 bits per heavy atom. The molecule has 0 bridgehead atoms. The zero-order valence-corrected chi connectivity index (χ0v) is 12.0. The number of hydrogen-bond acceptors (Lipinski definition) is 3. The number of hydrogen-bond donors (Lipinski definition) is 1. The third-order valence-corrected chi connectivity index (χ3v) is 4.72. The Kier molecular flexibility index (Phi) is 3.68. The van der Waals surface area contributed by atoms with Crippen molar-refractivity contribution < 1.29 is 8.42 Å². The number of anilines is 1. The van der Waals surface area contributed by atoms with E-state index in [1.807, 2.05) is 0 Å². The lowest BCUT2D eigenvalue weighted by atomic mass is 10.3. The van der Waals surface area contributed by atoms with Gasteiger partial charge >= 0.3 is 0 Å². The van der Waals surface area contributed by atoms with Crippen LogP contribution >= 0.6 is 15.9 Å². The first-order valence-corrected chi connectivity index (χ1v) is 7.47. The van der Waals surface area contributed by atoms with Crippen molar-refractivity contribution in [3.8, 4) is 0 Å². The van der Waals surface area contributed by atoms with Gasteiger partial charge in [-0.2, -0.15) is 0 Å². The van der Waals surface area contributed by atoms with Crippen molar-refractivity contribution >= 4 is 31.8 Å². The summed E-state index contributed by atoms with van der Waals surface area (Å²) in [6.07, 6.45) is 1.55. The smallest absolute Gasteiger partial charge is 0.263 e. The minimum atomic E-state index is -3.63. The van der Waals surface area contributed by atoms with E-state index in [4.69, 9.17) is 0 Å². The van der Waals surface area contributed by atoms with E-state index in [2.05, 4.69) is 25.6 Å². The Bertz CT molecular complexity index is 671. The van der Waals surface area contributed by atoms with E-state index in [-0.39, 0.29) is 4.90 Å². The molecule has 0 amide bonds. The van der Waals surface area contributed by atoms with Crippen molar-refractivity contribution in [3.63, 3.8) is 0 Å². The van der Waals surface area contributed by atoms with E-state index in [0.29, 0.717) is 10.3 Å². The number of nitrogens with zero attached hydrogens (tertiary/aromatic N) is 1. The van der Waals surface area contributed by atoms with Crippen LogP contribution in [0.2, 0.25) is 0 Å². The van der Waals surface area contributed by atoms with Gasteiger partial charge in [-0.25, -0.2) is 13.4 Å². The molecule has 0 aliphatic carbocycles. The number of nitrogens with one attached hydrogen (secondary N) is 1. The lowest BCUT2D eigenvalue weighted by Gasteiger charge is -2.10. The molecule has 0 radical (unpaired) electrons. The summed E-state index contributed by atoms with van der Waals surface area (Å²) in [6.45, 7) is 1.80. The molecule has 0 spiro atoms. The van der Waals surface area contributed by atoms with Crippen molar-refractivity contribution in [2.75, 3.05) is 4.72 Å². The number of aromatic nitrogens is 1. The van der Waals surface area contributed by atoms with Crippen LogP contribution < -0.4 is 4.72 Å². The maximum absolute atomic E-state index is 12.2. The van der Waals surface area contributed by atoms with E-state index in [1.54, 1.807) is 43.5 Å². The van der Waals surface area contributed by atoms with Crippen molar-refractivity contribution in [3.05, 3.63) is 52.6 Å². The molecular formula is C12H11BrN2O2S. The zero-order valence-electron chi connectivity index (χ0n) is 9.59. The van der Waals surface area contributed by atoms with Crippen LogP contribution in [0.5, 0.6) is 0 Å². The van der Waals surface area contributed by atoms with E-state index in [9.17, 15) is 8.42 Å². The molecule has 0 fully saturated rings. The SMILES string of the molecule is Cc1cccnc1NS(=O)(=O)c1ccccc1Br. The van der Waals surface area contributed by atoms with Gasteiger partial charge in [0.25, 0.3) is 10.0 Å². The van der Waals surface area contributed by atoms with Crippen molar-refractivity contribution in [2.24, 2.45) is 0 Å². The van der Waals surface area contributed by atoms with Crippen molar-refractivity contribution in [2.45, 2.75) is 11.8 Å². The van der Waals surface area contributed by atoms with Gasteiger partial charge in [0.1, 0.15) is 10.7 Å². The van der Waals surface area contributed by atoms with Gasteiger partial charge in [0.2, 0.25) is 0 Å². The maximum Gasteiger partial charge on any atom is 0.264 e. The quantitative estimate of drug-likeness (QED) is 0.943. The number of benzene rings is 1. The summed E-state index contributed by atoms with van der Waals surface area (Å²) < 4.78 is 27.4. The van der Waals surface area contributed by atoms with Crippen LogP contribution in [-0.4, -0.2) is 13.4 Å². The highest BCUT2D eigenvalue weighted by Crippen LogP contribution is 2.23. The van der Waals surface area contributed by atoms with E-state index in [1.165, 1.54) is 6.07 Å². The second-order valence-corrected chi connectivity index (χ2v) is 6.21. The molecule has 0 saturated carbocycles. The molecule has 0 aliphatic heterocycles. The highest BCUT2D eigenvalue weighted by molar-refractivity contribution is 9.10. The fourth-order valence-corrected chi connectivity index (χ4v) is 3.52. The summed E-state index contributed by atoms with van der Waals surface area (Å²) in [7, 11) is -3.63. The van der Waals surface area contributed by atoms with Crippen LogP contribution in [0.25, 0.3) is 0 Å². The molecular weight excluding hydrogens is 316 g/mol.